The van der Waals surface area contributed by atoms with Gasteiger partial charge in [-0.25, -0.2) is 0 Å². The van der Waals surface area contributed by atoms with Crippen LogP contribution in [0.4, 0.5) is 0 Å². The van der Waals surface area contributed by atoms with Crippen LogP contribution in [0.25, 0.3) is 0 Å². The van der Waals surface area contributed by atoms with Gasteiger partial charge in [-0.2, -0.15) is 0 Å². The lowest BCUT2D eigenvalue weighted by Crippen LogP contribution is -2.43. The van der Waals surface area contributed by atoms with E-state index in [4.69, 9.17) is 18.0 Å². The maximum Gasteiger partial charge on any atom is 0.223 e. The van der Waals surface area contributed by atoms with Gasteiger partial charge in [0.1, 0.15) is 0 Å². The molecule has 1 fully saturated rings. The third kappa shape index (κ3) is 4.30. The molecular weight excluding hydrogens is 268 g/mol. The lowest BCUT2D eigenvalue weighted by molar-refractivity contribution is -0.132. The molecule has 1 amide bonds. The first-order valence-corrected chi connectivity index (χ1v) is 7.69. The van der Waals surface area contributed by atoms with Crippen LogP contribution >= 0.6 is 12.2 Å². The first kappa shape index (κ1) is 15.0. The molecule has 0 heterocycles. The Kier molecular flexibility index (Phi) is 5.53. The molecule has 3 nitrogen and oxygen atoms in total. The largest absolute Gasteiger partial charge is 0.392 e. The first-order chi connectivity index (χ1) is 9.66. The Morgan fingerprint density at radius 1 is 1.25 bits per heavy atom. The van der Waals surface area contributed by atoms with Crippen LogP contribution in [0.1, 0.15) is 37.7 Å². The number of rotatable bonds is 6. The van der Waals surface area contributed by atoms with Crippen LogP contribution in [0.3, 0.4) is 0 Å². The Morgan fingerprint density at radius 2 is 1.90 bits per heavy atom. The predicted octanol–water partition coefficient (Wildman–Crippen LogP) is 2.68. The fourth-order valence-corrected chi connectivity index (χ4v) is 2.98. The zero-order chi connectivity index (χ0) is 14.4. The predicted molar refractivity (Wildman–Crippen MR) is 85.5 cm³/mol. The second-order valence-electron chi connectivity index (χ2n) is 5.41. The minimum absolute atomic E-state index is 0.175. The quantitative estimate of drug-likeness (QED) is 0.819. The van der Waals surface area contributed by atoms with Crippen molar-refractivity contribution >= 4 is 23.1 Å². The first-order valence-electron chi connectivity index (χ1n) is 7.28. The molecule has 0 unspecified atom stereocenters. The third-order valence-electron chi connectivity index (χ3n) is 3.88. The van der Waals surface area contributed by atoms with Gasteiger partial charge >= 0.3 is 0 Å². The van der Waals surface area contributed by atoms with Crippen LogP contribution in [-0.4, -0.2) is 28.4 Å². The molecule has 0 spiro atoms. The summed E-state index contributed by atoms with van der Waals surface area (Å²) in [7, 11) is 0. The number of hydrogen-bond donors (Lipinski definition) is 1. The monoisotopic (exact) mass is 290 g/mol. The van der Waals surface area contributed by atoms with Crippen molar-refractivity contribution in [2.45, 2.75) is 44.6 Å². The van der Waals surface area contributed by atoms with Crippen molar-refractivity contribution in [1.29, 1.82) is 0 Å². The highest BCUT2D eigenvalue weighted by molar-refractivity contribution is 7.80. The zero-order valence-corrected chi connectivity index (χ0v) is 12.6. The molecule has 1 saturated carbocycles. The van der Waals surface area contributed by atoms with Crippen molar-refractivity contribution in [3.8, 4) is 0 Å². The number of aryl methyl sites for hydroxylation is 1. The number of nitrogens with zero attached hydrogens (tertiary/aromatic N) is 1. The average Bonchev–Trinajstić information content (AvgIpc) is 2.97. The van der Waals surface area contributed by atoms with Crippen molar-refractivity contribution in [1.82, 2.24) is 4.90 Å². The van der Waals surface area contributed by atoms with Gasteiger partial charge in [0.05, 0.1) is 11.5 Å². The van der Waals surface area contributed by atoms with E-state index in [0.29, 0.717) is 24.0 Å². The summed E-state index contributed by atoms with van der Waals surface area (Å²) < 4.78 is 0. The fraction of sp³-hybridized carbons (Fsp3) is 0.500. The second-order valence-corrected chi connectivity index (χ2v) is 5.94. The van der Waals surface area contributed by atoms with Gasteiger partial charge in [-0.15, -0.1) is 0 Å². The van der Waals surface area contributed by atoms with Crippen molar-refractivity contribution in [3.63, 3.8) is 0 Å². The smallest absolute Gasteiger partial charge is 0.223 e. The third-order valence-corrected chi connectivity index (χ3v) is 4.01. The molecule has 20 heavy (non-hydrogen) atoms. The Labute approximate surface area is 126 Å². The molecule has 0 atom stereocenters. The Balaban J connectivity index is 1.93. The van der Waals surface area contributed by atoms with E-state index in [0.717, 1.165) is 19.3 Å². The zero-order valence-electron chi connectivity index (χ0n) is 11.8. The molecule has 1 aromatic rings. The highest BCUT2D eigenvalue weighted by atomic mass is 32.1. The summed E-state index contributed by atoms with van der Waals surface area (Å²) in [6.45, 7) is 0.424. The molecule has 1 aliphatic rings. The lowest BCUT2D eigenvalue weighted by Gasteiger charge is -2.28. The van der Waals surface area contributed by atoms with E-state index in [-0.39, 0.29) is 5.91 Å². The highest BCUT2D eigenvalue weighted by Gasteiger charge is 2.26. The number of hydrogen-bond acceptors (Lipinski definition) is 2. The van der Waals surface area contributed by atoms with E-state index in [1.807, 2.05) is 23.1 Å². The summed E-state index contributed by atoms with van der Waals surface area (Å²) in [5.74, 6) is 0.175. The highest BCUT2D eigenvalue weighted by Crippen LogP contribution is 2.24. The van der Waals surface area contributed by atoms with Crippen LogP contribution in [0.2, 0.25) is 0 Å². The van der Waals surface area contributed by atoms with Gasteiger partial charge in [0.2, 0.25) is 5.91 Å². The molecular formula is C16H22N2OS. The summed E-state index contributed by atoms with van der Waals surface area (Å²) in [6, 6.07) is 10.4. The van der Waals surface area contributed by atoms with Crippen LogP contribution in [-0.2, 0) is 11.2 Å². The standard InChI is InChI=1S/C16H22N2OS/c17-15(20)12-18(14-8-4-5-9-14)16(19)11-10-13-6-2-1-3-7-13/h1-3,6-7,14H,4-5,8-12H2,(H2,17,20). The van der Waals surface area contributed by atoms with Gasteiger partial charge in [0.25, 0.3) is 0 Å². The maximum atomic E-state index is 12.4. The summed E-state index contributed by atoms with van der Waals surface area (Å²) in [6.07, 6.45) is 5.87. The number of amides is 1. The molecule has 0 aromatic heterocycles. The molecule has 2 N–H and O–H groups in total. The number of carbonyl (C=O) groups excluding carboxylic acids is 1. The second kappa shape index (κ2) is 7.39. The Bertz CT molecular complexity index is 455. The van der Waals surface area contributed by atoms with E-state index in [9.17, 15) is 4.79 Å². The molecule has 0 saturated heterocycles. The molecule has 108 valence electrons. The molecule has 2 rings (SSSR count). The minimum atomic E-state index is 0.175. The minimum Gasteiger partial charge on any atom is -0.392 e. The van der Waals surface area contributed by atoms with Gasteiger partial charge in [-0.3, -0.25) is 4.79 Å². The molecule has 4 heteroatoms. The number of nitrogens with two attached hydrogens (primary N) is 1. The Hall–Kier alpha value is -1.42. The topological polar surface area (TPSA) is 46.3 Å². The van der Waals surface area contributed by atoms with Gasteiger partial charge in [0, 0.05) is 12.5 Å². The number of benzene rings is 1. The summed E-state index contributed by atoms with van der Waals surface area (Å²) in [4.78, 5) is 14.8. The SMILES string of the molecule is NC(=S)CN(C(=O)CCc1ccccc1)C1CCCC1. The molecule has 1 aromatic carbocycles. The van der Waals surface area contributed by atoms with Crippen molar-refractivity contribution in [2.75, 3.05) is 6.54 Å². The van der Waals surface area contributed by atoms with E-state index in [2.05, 4.69) is 12.1 Å². The fourth-order valence-electron chi connectivity index (χ4n) is 2.84. The van der Waals surface area contributed by atoms with Crippen molar-refractivity contribution in [3.05, 3.63) is 35.9 Å². The van der Waals surface area contributed by atoms with Crippen LogP contribution in [0.5, 0.6) is 0 Å². The van der Waals surface area contributed by atoms with Crippen molar-refractivity contribution < 1.29 is 4.79 Å². The van der Waals surface area contributed by atoms with Crippen LogP contribution in [0, 0.1) is 0 Å². The van der Waals surface area contributed by atoms with E-state index in [1.54, 1.807) is 0 Å². The molecule has 0 radical (unpaired) electrons. The molecule has 0 aliphatic heterocycles. The summed E-state index contributed by atoms with van der Waals surface area (Å²) >= 11 is 4.99. The van der Waals surface area contributed by atoms with Crippen LogP contribution < -0.4 is 5.73 Å². The molecule has 0 bridgehead atoms. The average molecular weight is 290 g/mol. The number of thiocarbonyl (C=S) groups is 1. The van der Waals surface area contributed by atoms with Gasteiger partial charge in [-0.1, -0.05) is 55.4 Å². The van der Waals surface area contributed by atoms with Crippen LogP contribution in [0.15, 0.2) is 30.3 Å². The Morgan fingerprint density at radius 3 is 2.50 bits per heavy atom. The van der Waals surface area contributed by atoms with Crippen molar-refractivity contribution in [2.24, 2.45) is 5.73 Å². The van der Waals surface area contributed by atoms with E-state index >= 15 is 0 Å². The maximum absolute atomic E-state index is 12.4. The number of carbonyl (C=O) groups is 1. The summed E-state index contributed by atoms with van der Waals surface area (Å²) in [5.41, 5.74) is 6.84. The van der Waals surface area contributed by atoms with E-state index in [1.165, 1.54) is 18.4 Å². The van der Waals surface area contributed by atoms with E-state index < -0.39 is 0 Å². The van der Waals surface area contributed by atoms with Gasteiger partial charge in [0.15, 0.2) is 0 Å². The lowest BCUT2D eigenvalue weighted by atomic mass is 10.1. The molecule has 1 aliphatic carbocycles. The van der Waals surface area contributed by atoms with Gasteiger partial charge in [-0.05, 0) is 24.8 Å². The van der Waals surface area contributed by atoms with Gasteiger partial charge < -0.3 is 10.6 Å². The normalized spacial score (nSPS) is 15.2. The summed E-state index contributed by atoms with van der Waals surface area (Å²) in [5, 5.41) is 0.